The normalized spacial score (nSPS) is 12.4. The molecule has 0 atom stereocenters. The van der Waals surface area contributed by atoms with Crippen LogP contribution in [0.3, 0.4) is 0 Å². The minimum absolute atomic E-state index is 0.0525. The lowest BCUT2D eigenvalue weighted by molar-refractivity contribution is 0.587. The summed E-state index contributed by atoms with van der Waals surface area (Å²) in [6.07, 6.45) is 6.17. The number of nitrogens with zero attached hydrogens (tertiary/aromatic N) is 5. The van der Waals surface area contributed by atoms with E-state index in [1.165, 1.54) is 17.1 Å². The third kappa shape index (κ3) is 3.61. The molecule has 0 aliphatic carbocycles. The Morgan fingerprint density at radius 1 is 1.07 bits per heavy atom. The van der Waals surface area contributed by atoms with Gasteiger partial charge in [-0.15, -0.1) is 0 Å². The second kappa shape index (κ2) is 6.70. The van der Waals surface area contributed by atoms with Gasteiger partial charge in [0.25, 0.3) is 10.0 Å². The number of aromatic nitrogens is 5. The molecule has 4 aromatic rings. The first kappa shape index (κ1) is 19.1. The van der Waals surface area contributed by atoms with Gasteiger partial charge in [0.05, 0.1) is 29.8 Å². The number of rotatable bonds is 4. The number of pyridine rings is 1. The van der Waals surface area contributed by atoms with Crippen molar-refractivity contribution in [2.75, 3.05) is 4.72 Å². The van der Waals surface area contributed by atoms with Gasteiger partial charge < -0.3 is 0 Å². The smallest absolute Gasteiger partial charge is 0.265 e. The van der Waals surface area contributed by atoms with Gasteiger partial charge >= 0.3 is 0 Å². The molecular weight excluding hydrogens is 388 g/mol. The molecule has 4 rings (SSSR count). The molecule has 0 unspecified atom stereocenters. The lowest BCUT2D eigenvalue weighted by Gasteiger charge is -2.19. The van der Waals surface area contributed by atoms with E-state index in [4.69, 9.17) is 0 Å². The van der Waals surface area contributed by atoms with Crippen LogP contribution in [0.15, 0.2) is 60.0 Å². The predicted octanol–water partition coefficient (Wildman–Crippen LogP) is 3.25. The molecular formula is C20H22N6O2S. The fraction of sp³-hybridized carbons (Fsp3) is 0.250. The summed E-state index contributed by atoms with van der Waals surface area (Å²) in [5.41, 5.74) is 2.21. The average molecular weight is 411 g/mol. The predicted molar refractivity (Wildman–Crippen MR) is 112 cm³/mol. The first-order valence-electron chi connectivity index (χ1n) is 9.10. The number of sulfonamides is 1. The van der Waals surface area contributed by atoms with Crippen LogP contribution in [-0.2, 0) is 22.5 Å². The highest BCUT2D eigenvalue weighted by atomic mass is 32.2. The molecule has 0 aliphatic heterocycles. The highest BCUT2D eigenvalue weighted by Gasteiger charge is 2.20. The maximum atomic E-state index is 12.9. The van der Waals surface area contributed by atoms with Gasteiger partial charge in [0.1, 0.15) is 4.90 Å². The van der Waals surface area contributed by atoms with E-state index in [0.717, 1.165) is 10.9 Å². The standard InChI is InChI=1S/C20H22N6O2S/c1-20(2,3)15-8-9-21-18(10-15)26-13-16(12-23-26)29(27,28)24-17-7-5-6-14-11-22-25(4)19(14)17/h5-13,24H,1-4H3. The van der Waals surface area contributed by atoms with Crippen molar-refractivity contribution in [2.45, 2.75) is 31.1 Å². The number of anilines is 1. The van der Waals surface area contributed by atoms with Crippen molar-refractivity contribution in [3.8, 4) is 5.82 Å². The summed E-state index contributed by atoms with van der Waals surface area (Å²) in [5.74, 6) is 0.563. The van der Waals surface area contributed by atoms with Crippen molar-refractivity contribution >= 4 is 26.6 Å². The first-order valence-corrected chi connectivity index (χ1v) is 10.6. The van der Waals surface area contributed by atoms with Crippen molar-refractivity contribution in [1.29, 1.82) is 0 Å². The number of nitrogens with one attached hydrogen (secondary N) is 1. The zero-order valence-electron chi connectivity index (χ0n) is 16.7. The van der Waals surface area contributed by atoms with Crippen molar-refractivity contribution in [1.82, 2.24) is 24.5 Å². The van der Waals surface area contributed by atoms with E-state index < -0.39 is 10.0 Å². The van der Waals surface area contributed by atoms with E-state index >= 15 is 0 Å². The highest BCUT2D eigenvalue weighted by molar-refractivity contribution is 7.92. The van der Waals surface area contributed by atoms with E-state index in [2.05, 4.69) is 40.7 Å². The maximum Gasteiger partial charge on any atom is 0.265 e. The Bertz CT molecular complexity index is 1300. The number of hydrogen-bond acceptors (Lipinski definition) is 5. The summed E-state index contributed by atoms with van der Waals surface area (Å²) in [4.78, 5) is 4.38. The number of benzene rings is 1. The van der Waals surface area contributed by atoms with Gasteiger partial charge in [0.15, 0.2) is 5.82 Å². The summed E-state index contributed by atoms with van der Waals surface area (Å²) in [6, 6.07) is 9.23. The van der Waals surface area contributed by atoms with Crippen molar-refractivity contribution in [3.63, 3.8) is 0 Å². The largest absolute Gasteiger partial charge is 0.277 e. The van der Waals surface area contributed by atoms with Crippen LogP contribution >= 0.6 is 0 Å². The molecule has 29 heavy (non-hydrogen) atoms. The lowest BCUT2D eigenvalue weighted by Crippen LogP contribution is -2.13. The molecule has 0 fully saturated rings. The van der Waals surface area contributed by atoms with E-state index in [1.54, 1.807) is 36.3 Å². The molecule has 0 saturated heterocycles. The molecule has 1 N–H and O–H groups in total. The molecule has 0 bridgehead atoms. The van der Waals surface area contributed by atoms with Gasteiger partial charge in [-0.25, -0.2) is 18.1 Å². The van der Waals surface area contributed by atoms with Gasteiger partial charge in [-0.2, -0.15) is 10.2 Å². The minimum Gasteiger partial charge on any atom is -0.277 e. The Labute approximate surface area is 169 Å². The number of hydrogen-bond donors (Lipinski definition) is 1. The van der Waals surface area contributed by atoms with Crippen LogP contribution in [-0.4, -0.2) is 33.0 Å². The molecule has 1 aromatic carbocycles. The SMILES string of the molecule is Cn1ncc2cccc(NS(=O)(=O)c3cnn(-c4cc(C(C)(C)C)ccn4)c3)c21. The van der Waals surface area contributed by atoms with Crippen molar-refractivity contribution < 1.29 is 8.42 Å². The molecule has 0 spiro atoms. The van der Waals surface area contributed by atoms with Crippen molar-refractivity contribution in [3.05, 3.63) is 60.7 Å². The highest BCUT2D eigenvalue weighted by Crippen LogP contribution is 2.26. The van der Waals surface area contributed by atoms with E-state index in [1.807, 2.05) is 18.2 Å². The van der Waals surface area contributed by atoms with E-state index in [9.17, 15) is 8.42 Å². The molecule has 0 saturated carbocycles. The lowest BCUT2D eigenvalue weighted by atomic mass is 9.88. The van der Waals surface area contributed by atoms with Gasteiger partial charge in [-0.1, -0.05) is 32.9 Å². The Balaban J connectivity index is 1.68. The Kier molecular flexibility index (Phi) is 4.42. The first-order chi connectivity index (χ1) is 13.6. The molecule has 3 aromatic heterocycles. The average Bonchev–Trinajstić information content (AvgIpc) is 3.30. The third-order valence-electron chi connectivity index (χ3n) is 4.72. The molecule has 9 heteroatoms. The second-order valence-electron chi connectivity index (χ2n) is 7.89. The molecule has 0 radical (unpaired) electrons. The maximum absolute atomic E-state index is 12.9. The molecule has 8 nitrogen and oxygen atoms in total. The summed E-state index contributed by atoms with van der Waals surface area (Å²) in [6.45, 7) is 6.32. The van der Waals surface area contributed by atoms with Crippen LogP contribution < -0.4 is 4.72 Å². The van der Waals surface area contributed by atoms with Gasteiger partial charge in [-0.3, -0.25) is 9.40 Å². The third-order valence-corrected chi connectivity index (χ3v) is 6.04. The zero-order chi connectivity index (χ0) is 20.8. The number of aryl methyl sites for hydroxylation is 1. The Morgan fingerprint density at radius 3 is 2.62 bits per heavy atom. The van der Waals surface area contributed by atoms with E-state index in [0.29, 0.717) is 17.0 Å². The second-order valence-corrected chi connectivity index (χ2v) is 9.57. The fourth-order valence-corrected chi connectivity index (χ4v) is 4.10. The quantitative estimate of drug-likeness (QED) is 0.557. The zero-order valence-corrected chi connectivity index (χ0v) is 17.5. The number of para-hydroxylation sites is 1. The molecule has 0 aliphatic rings. The van der Waals surface area contributed by atoms with Gasteiger partial charge in [-0.05, 0) is 29.2 Å². The van der Waals surface area contributed by atoms with Gasteiger partial charge in [0, 0.05) is 18.6 Å². The van der Waals surface area contributed by atoms with Crippen LogP contribution in [0.5, 0.6) is 0 Å². The Morgan fingerprint density at radius 2 is 1.86 bits per heavy atom. The van der Waals surface area contributed by atoms with Crippen LogP contribution in [0.25, 0.3) is 16.7 Å². The fourth-order valence-electron chi connectivity index (χ4n) is 3.10. The van der Waals surface area contributed by atoms with Crippen LogP contribution in [0, 0.1) is 0 Å². The monoisotopic (exact) mass is 410 g/mol. The van der Waals surface area contributed by atoms with Crippen molar-refractivity contribution in [2.24, 2.45) is 7.05 Å². The van der Waals surface area contributed by atoms with E-state index in [-0.39, 0.29) is 10.3 Å². The molecule has 3 heterocycles. The topological polar surface area (TPSA) is 94.7 Å². The van der Waals surface area contributed by atoms with Crippen LogP contribution in [0.1, 0.15) is 26.3 Å². The minimum atomic E-state index is -3.83. The van der Waals surface area contributed by atoms with Crippen LogP contribution in [0.2, 0.25) is 0 Å². The number of fused-ring (bicyclic) bond motifs is 1. The van der Waals surface area contributed by atoms with Gasteiger partial charge in [0.2, 0.25) is 0 Å². The van der Waals surface area contributed by atoms with Crippen LogP contribution in [0.4, 0.5) is 5.69 Å². The summed E-state index contributed by atoms with van der Waals surface area (Å²) >= 11 is 0. The molecule has 150 valence electrons. The Hall–Kier alpha value is -3.20. The summed E-state index contributed by atoms with van der Waals surface area (Å²) in [5, 5.41) is 9.25. The summed E-state index contributed by atoms with van der Waals surface area (Å²) in [7, 11) is -2.06. The molecule has 0 amide bonds. The summed E-state index contributed by atoms with van der Waals surface area (Å²) < 4.78 is 31.6.